The van der Waals surface area contributed by atoms with Crippen molar-refractivity contribution in [2.24, 2.45) is 0 Å². The van der Waals surface area contributed by atoms with Gasteiger partial charge in [-0.15, -0.1) is 0 Å². The number of benzene rings is 1. The molecule has 3 rings (SSSR count). The molecule has 1 aliphatic rings. The summed E-state index contributed by atoms with van der Waals surface area (Å²) in [4.78, 5) is 40.5. The van der Waals surface area contributed by atoms with Gasteiger partial charge in [0.25, 0.3) is 5.91 Å². The molecule has 0 radical (unpaired) electrons. The average Bonchev–Trinajstić information content (AvgIpc) is 3.30. The summed E-state index contributed by atoms with van der Waals surface area (Å²) >= 11 is 0. The Morgan fingerprint density at radius 3 is 2.28 bits per heavy atom. The number of ketones is 1. The zero-order chi connectivity index (χ0) is 20.6. The summed E-state index contributed by atoms with van der Waals surface area (Å²) in [6.07, 6.45) is 2.72. The van der Waals surface area contributed by atoms with Crippen molar-refractivity contribution in [3.8, 4) is 5.75 Å². The van der Waals surface area contributed by atoms with Gasteiger partial charge in [-0.3, -0.25) is 14.4 Å². The lowest BCUT2D eigenvalue weighted by Gasteiger charge is -2.34. The molecule has 7 nitrogen and oxygen atoms in total. The molecule has 154 valence electrons. The summed E-state index contributed by atoms with van der Waals surface area (Å²) in [7, 11) is 0. The molecule has 2 aromatic rings. The van der Waals surface area contributed by atoms with Crippen LogP contribution in [0.4, 0.5) is 0 Å². The first-order valence-corrected chi connectivity index (χ1v) is 9.95. The fourth-order valence-corrected chi connectivity index (χ4v) is 3.19. The van der Waals surface area contributed by atoms with E-state index in [0.717, 1.165) is 12.2 Å². The first kappa shape index (κ1) is 20.6. The Labute approximate surface area is 170 Å². The Kier molecular flexibility index (Phi) is 7.05. The van der Waals surface area contributed by atoms with Crippen molar-refractivity contribution >= 4 is 17.6 Å². The highest BCUT2D eigenvalue weighted by molar-refractivity contribution is 5.98. The van der Waals surface area contributed by atoms with Gasteiger partial charge in [-0.1, -0.05) is 6.92 Å². The largest absolute Gasteiger partial charge is 0.494 e. The number of rotatable bonds is 8. The normalized spacial score (nSPS) is 14.0. The first-order chi connectivity index (χ1) is 14.1. The van der Waals surface area contributed by atoms with Gasteiger partial charge in [0.2, 0.25) is 5.91 Å². The molecule has 1 aliphatic heterocycles. The maximum Gasteiger partial charge on any atom is 0.289 e. The third-order valence-corrected chi connectivity index (χ3v) is 4.87. The molecule has 0 aliphatic carbocycles. The van der Waals surface area contributed by atoms with Crippen molar-refractivity contribution in [3.63, 3.8) is 0 Å². The third-order valence-electron chi connectivity index (χ3n) is 4.87. The van der Waals surface area contributed by atoms with Gasteiger partial charge in [0.15, 0.2) is 11.5 Å². The van der Waals surface area contributed by atoms with Crippen LogP contribution in [-0.2, 0) is 4.79 Å². The molecule has 1 fully saturated rings. The lowest BCUT2D eigenvalue weighted by atomic mass is 10.1. The van der Waals surface area contributed by atoms with E-state index >= 15 is 0 Å². The number of carbonyl (C=O) groups is 3. The van der Waals surface area contributed by atoms with Crippen molar-refractivity contribution in [3.05, 3.63) is 54.0 Å². The summed E-state index contributed by atoms with van der Waals surface area (Å²) in [5, 5.41) is 0. The number of ether oxygens (including phenoxy) is 1. The minimum absolute atomic E-state index is 0.0629. The van der Waals surface area contributed by atoms with E-state index in [1.807, 2.05) is 6.92 Å². The van der Waals surface area contributed by atoms with Crippen LogP contribution in [0.3, 0.4) is 0 Å². The van der Waals surface area contributed by atoms with E-state index < -0.39 is 0 Å². The molecule has 2 amide bonds. The van der Waals surface area contributed by atoms with Crippen molar-refractivity contribution in [1.82, 2.24) is 9.80 Å². The molecule has 7 heteroatoms. The monoisotopic (exact) mass is 398 g/mol. The molecule has 0 bridgehead atoms. The SMILES string of the molecule is CCCOc1ccc(C(=O)CCC(=O)N2CCN(C(=O)c3ccco3)CC2)cc1. The molecule has 2 heterocycles. The van der Waals surface area contributed by atoms with E-state index in [1.165, 1.54) is 6.26 Å². The van der Waals surface area contributed by atoms with E-state index in [0.29, 0.717) is 44.1 Å². The molecule has 0 atom stereocenters. The van der Waals surface area contributed by atoms with Crippen LogP contribution in [0.2, 0.25) is 0 Å². The summed E-state index contributed by atoms with van der Waals surface area (Å²) in [5.41, 5.74) is 0.579. The number of hydrogen-bond donors (Lipinski definition) is 0. The van der Waals surface area contributed by atoms with E-state index in [1.54, 1.807) is 46.2 Å². The Balaban J connectivity index is 1.43. The second kappa shape index (κ2) is 9.91. The number of Topliss-reactive ketones (excluding diaryl/α,β-unsaturated/α-hetero) is 1. The van der Waals surface area contributed by atoms with Gasteiger partial charge in [0.05, 0.1) is 12.9 Å². The zero-order valence-electron chi connectivity index (χ0n) is 16.6. The van der Waals surface area contributed by atoms with E-state index in [4.69, 9.17) is 9.15 Å². The van der Waals surface area contributed by atoms with Crippen molar-refractivity contribution in [2.75, 3.05) is 32.8 Å². The number of piperazine rings is 1. The maximum absolute atomic E-state index is 12.4. The minimum atomic E-state index is -0.163. The Bertz CT molecular complexity index is 821. The number of hydrogen-bond acceptors (Lipinski definition) is 5. The van der Waals surface area contributed by atoms with E-state index in [9.17, 15) is 14.4 Å². The summed E-state index contributed by atoms with van der Waals surface area (Å²) in [5.74, 6) is 0.755. The molecular formula is C22H26N2O5. The molecule has 1 aromatic carbocycles. The fraction of sp³-hybridized carbons (Fsp3) is 0.409. The van der Waals surface area contributed by atoms with Crippen molar-refractivity contribution < 1.29 is 23.5 Å². The molecule has 0 saturated carbocycles. The van der Waals surface area contributed by atoms with Crippen LogP contribution in [-0.4, -0.2) is 60.2 Å². The number of amides is 2. The highest BCUT2D eigenvalue weighted by atomic mass is 16.5. The molecule has 1 saturated heterocycles. The maximum atomic E-state index is 12.4. The standard InChI is InChI=1S/C22H26N2O5/c1-2-15-28-18-7-5-17(6-8-18)19(25)9-10-21(26)23-11-13-24(14-12-23)22(27)20-4-3-16-29-20/h3-8,16H,2,9-15H2,1H3. The summed E-state index contributed by atoms with van der Waals surface area (Å²) < 4.78 is 10.6. The molecule has 29 heavy (non-hydrogen) atoms. The molecule has 0 unspecified atom stereocenters. The molecule has 1 aromatic heterocycles. The summed E-state index contributed by atoms with van der Waals surface area (Å²) in [6.45, 7) is 4.51. The fourth-order valence-electron chi connectivity index (χ4n) is 3.19. The topological polar surface area (TPSA) is 80.1 Å². The Morgan fingerprint density at radius 1 is 0.966 bits per heavy atom. The van der Waals surface area contributed by atoms with Crippen LogP contribution in [0, 0.1) is 0 Å². The highest BCUT2D eigenvalue weighted by Gasteiger charge is 2.26. The van der Waals surface area contributed by atoms with Crippen molar-refractivity contribution in [1.29, 1.82) is 0 Å². The molecule has 0 spiro atoms. The number of nitrogens with zero attached hydrogens (tertiary/aromatic N) is 2. The van der Waals surface area contributed by atoms with E-state index in [2.05, 4.69) is 0 Å². The van der Waals surface area contributed by atoms with Crippen LogP contribution in [0.15, 0.2) is 47.1 Å². The van der Waals surface area contributed by atoms with Crippen LogP contribution in [0.5, 0.6) is 5.75 Å². The van der Waals surface area contributed by atoms with Gasteiger partial charge < -0.3 is 19.0 Å². The lowest BCUT2D eigenvalue weighted by Crippen LogP contribution is -2.50. The van der Waals surface area contributed by atoms with Gasteiger partial charge >= 0.3 is 0 Å². The Hall–Kier alpha value is -3.09. The number of furan rings is 1. The van der Waals surface area contributed by atoms with Gasteiger partial charge in [-0.2, -0.15) is 0 Å². The van der Waals surface area contributed by atoms with Gasteiger partial charge in [-0.05, 0) is 42.8 Å². The lowest BCUT2D eigenvalue weighted by molar-refractivity contribution is -0.132. The predicted octanol–water partition coefficient (Wildman–Crippen LogP) is 3.02. The highest BCUT2D eigenvalue weighted by Crippen LogP contribution is 2.15. The first-order valence-electron chi connectivity index (χ1n) is 9.95. The van der Waals surface area contributed by atoms with Gasteiger partial charge in [-0.25, -0.2) is 0 Å². The minimum Gasteiger partial charge on any atom is -0.494 e. The van der Waals surface area contributed by atoms with Crippen LogP contribution in [0.25, 0.3) is 0 Å². The van der Waals surface area contributed by atoms with E-state index in [-0.39, 0.29) is 30.4 Å². The summed E-state index contributed by atoms with van der Waals surface area (Å²) in [6, 6.07) is 10.3. The zero-order valence-corrected chi connectivity index (χ0v) is 16.6. The van der Waals surface area contributed by atoms with Gasteiger partial charge in [0.1, 0.15) is 5.75 Å². The second-order valence-corrected chi connectivity index (χ2v) is 6.95. The second-order valence-electron chi connectivity index (χ2n) is 6.95. The Morgan fingerprint density at radius 2 is 1.66 bits per heavy atom. The predicted molar refractivity (Wildman–Crippen MR) is 107 cm³/mol. The quantitative estimate of drug-likeness (QED) is 0.639. The van der Waals surface area contributed by atoms with Crippen LogP contribution in [0.1, 0.15) is 47.1 Å². The smallest absolute Gasteiger partial charge is 0.289 e. The van der Waals surface area contributed by atoms with Gasteiger partial charge in [0, 0.05) is 44.6 Å². The van der Waals surface area contributed by atoms with Crippen molar-refractivity contribution in [2.45, 2.75) is 26.2 Å². The average molecular weight is 398 g/mol. The third kappa shape index (κ3) is 5.47. The van der Waals surface area contributed by atoms with Crippen LogP contribution >= 0.6 is 0 Å². The molecular weight excluding hydrogens is 372 g/mol. The number of carbonyl (C=O) groups excluding carboxylic acids is 3. The van der Waals surface area contributed by atoms with Crippen LogP contribution < -0.4 is 4.74 Å². The molecule has 0 N–H and O–H groups in total.